The number of benzene rings is 1. The third kappa shape index (κ3) is 3.97. The van der Waals surface area contributed by atoms with Gasteiger partial charge in [0.15, 0.2) is 0 Å². The number of sulfonamides is 1. The molecule has 3 aromatic rings. The Morgan fingerprint density at radius 2 is 1.88 bits per heavy atom. The summed E-state index contributed by atoms with van der Waals surface area (Å²) in [5.41, 5.74) is 1.69. The van der Waals surface area contributed by atoms with Crippen molar-refractivity contribution in [2.75, 3.05) is 12.9 Å². The van der Waals surface area contributed by atoms with Gasteiger partial charge in [0.1, 0.15) is 11.3 Å². The summed E-state index contributed by atoms with van der Waals surface area (Å²) in [6.45, 7) is 0.580. The minimum atomic E-state index is -3.76. The van der Waals surface area contributed by atoms with Crippen LogP contribution in [0.1, 0.15) is 25.7 Å². The molecule has 1 atom stereocenters. The zero-order valence-corrected chi connectivity index (χ0v) is 19.5. The number of rotatable bonds is 7. The third-order valence-corrected chi connectivity index (χ3v) is 10.3. The first kappa shape index (κ1) is 21.3. The van der Waals surface area contributed by atoms with Gasteiger partial charge in [0.2, 0.25) is 0 Å². The lowest BCUT2D eigenvalue weighted by molar-refractivity contribution is 0.301. The van der Waals surface area contributed by atoms with Crippen LogP contribution >= 0.6 is 0 Å². The fraction of sp³-hybridized carbons (Fsp3) is 0.409. The Balaban J connectivity index is 1.69. The van der Waals surface area contributed by atoms with Crippen LogP contribution in [0, 0.1) is 5.92 Å². The molecule has 0 saturated heterocycles. The largest absolute Gasteiger partial charge is 0.493 e. The van der Waals surface area contributed by atoms with Gasteiger partial charge < -0.3 is 14.3 Å². The van der Waals surface area contributed by atoms with E-state index in [0.29, 0.717) is 52.5 Å². The summed E-state index contributed by atoms with van der Waals surface area (Å²) in [6, 6.07) is 6.84. The lowest BCUT2D eigenvalue weighted by atomic mass is 10.0. The fourth-order valence-electron chi connectivity index (χ4n) is 3.72. The summed E-state index contributed by atoms with van der Waals surface area (Å²) in [5.74, 6) is 1.13. The van der Waals surface area contributed by atoms with Crippen molar-refractivity contribution in [3.8, 4) is 16.9 Å². The Morgan fingerprint density at radius 3 is 2.56 bits per heavy atom. The molecule has 0 bridgehead atoms. The third-order valence-electron chi connectivity index (χ3n) is 5.94. The van der Waals surface area contributed by atoms with E-state index in [1.165, 1.54) is 10.8 Å². The summed E-state index contributed by atoms with van der Waals surface area (Å²) in [7, 11) is -5.29. The molecule has 0 amide bonds. The van der Waals surface area contributed by atoms with Crippen LogP contribution in [-0.2, 0) is 26.8 Å². The summed E-state index contributed by atoms with van der Waals surface area (Å²) in [5, 5.41) is 0.193. The highest BCUT2D eigenvalue weighted by atomic mass is 32.3. The van der Waals surface area contributed by atoms with E-state index in [1.54, 1.807) is 37.6 Å². The molecule has 2 saturated carbocycles. The molecule has 0 spiro atoms. The molecule has 1 unspecified atom stereocenters. The molecule has 32 heavy (non-hydrogen) atoms. The van der Waals surface area contributed by atoms with Gasteiger partial charge in [-0.15, -0.1) is 3.77 Å². The average Bonchev–Trinajstić information content (AvgIpc) is 3.66. The first-order chi connectivity index (χ1) is 15.2. The number of H-pyrrole nitrogens is 1. The molecule has 1 N–H and O–H groups in total. The molecular formula is C22H25N3O5S2. The molecule has 2 aliphatic carbocycles. The molecule has 2 heterocycles. The number of aryl methyl sites for hydroxylation is 1. The van der Waals surface area contributed by atoms with Crippen molar-refractivity contribution in [3.63, 3.8) is 0 Å². The van der Waals surface area contributed by atoms with E-state index in [0.717, 1.165) is 18.4 Å². The van der Waals surface area contributed by atoms with Crippen LogP contribution in [0.25, 0.3) is 22.0 Å². The van der Waals surface area contributed by atoms with Gasteiger partial charge in [-0.05, 0) is 55.9 Å². The van der Waals surface area contributed by atoms with Crippen LogP contribution in [0.5, 0.6) is 5.75 Å². The first-order valence-corrected chi connectivity index (χ1v) is 14.0. The van der Waals surface area contributed by atoms with Crippen LogP contribution in [0.4, 0.5) is 0 Å². The lowest BCUT2D eigenvalue weighted by Crippen LogP contribution is -2.16. The van der Waals surface area contributed by atoms with E-state index in [1.807, 2.05) is 6.07 Å². The van der Waals surface area contributed by atoms with Gasteiger partial charge in [-0.3, -0.25) is 4.79 Å². The van der Waals surface area contributed by atoms with E-state index in [4.69, 9.17) is 4.74 Å². The smallest absolute Gasteiger partial charge is 0.274 e. The van der Waals surface area contributed by atoms with Crippen molar-refractivity contribution in [1.82, 2.24) is 9.55 Å². The Hall–Kier alpha value is -2.59. The lowest BCUT2D eigenvalue weighted by Gasteiger charge is -2.15. The topological polar surface area (TPSA) is 111 Å². The van der Waals surface area contributed by atoms with Gasteiger partial charge in [0.05, 0.1) is 21.6 Å². The van der Waals surface area contributed by atoms with Crippen molar-refractivity contribution in [2.45, 2.75) is 35.8 Å². The van der Waals surface area contributed by atoms with E-state index in [9.17, 15) is 17.4 Å². The van der Waals surface area contributed by atoms with Gasteiger partial charge in [-0.1, -0.05) is 0 Å². The van der Waals surface area contributed by atoms with Crippen LogP contribution < -0.4 is 10.3 Å². The van der Waals surface area contributed by atoms with Crippen molar-refractivity contribution in [3.05, 3.63) is 47.0 Å². The van der Waals surface area contributed by atoms with Crippen LogP contribution in [-0.4, -0.2) is 40.3 Å². The molecule has 8 nitrogen and oxygen atoms in total. The monoisotopic (exact) mass is 475 g/mol. The maximum Gasteiger partial charge on any atom is 0.274 e. The van der Waals surface area contributed by atoms with E-state index in [2.05, 4.69) is 8.75 Å². The molecule has 1 aromatic carbocycles. The van der Waals surface area contributed by atoms with Gasteiger partial charge in [0, 0.05) is 47.1 Å². The van der Waals surface area contributed by atoms with Crippen LogP contribution in [0.3, 0.4) is 0 Å². The molecular weight excluding hydrogens is 450 g/mol. The second-order valence-electron chi connectivity index (χ2n) is 8.73. The Kier molecular flexibility index (Phi) is 4.97. The van der Waals surface area contributed by atoms with Gasteiger partial charge in [-0.25, -0.2) is 12.6 Å². The molecule has 0 aliphatic heterocycles. The van der Waals surface area contributed by atoms with Gasteiger partial charge in [-0.2, -0.15) is 0 Å². The molecule has 2 aliphatic rings. The van der Waals surface area contributed by atoms with Crippen molar-refractivity contribution < 1.29 is 17.4 Å². The Morgan fingerprint density at radius 1 is 1.12 bits per heavy atom. The minimum Gasteiger partial charge on any atom is -0.493 e. The van der Waals surface area contributed by atoms with E-state index >= 15 is 0 Å². The van der Waals surface area contributed by atoms with Crippen molar-refractivity contribution >= 4 is 30.7 Å². The van der Waals surface area contributed by atoms with Crippen molar-refractivity contribution in [1.29, 1.82) is 0 Å². The number of ether oxygens (including phenoxy) is 1. The quantitative estimate of drug-likeness (QED) is 0.564. The SMILES string of the molecule is Cn1cc(-c2cc(S(C)(=O)=NS(=O)(=O)C3CC3)ccc2OCC2CC2)c2cc[nH]c2c1=O. The number of aromatic nitrogens is 2. The molecule has 2 fully saturated rings. The molecule has 10 heteroatoms. The van der Waals surface area contributed by atoms with Crippen molar-refractivity contribution in [2.24, 2.45) is 16.7 Å². The molecule has 170 valence electrons. The number of fused-ring (bicyclic) bond motifs is 1. The second kappa shape index (κ2) is 7.48. The minimum absolute atomic E-state index is 0.157. The average molecular weight is 476 g/mol. The summed E-state index contributed by atoms with van der Waals surface area (Å²) in [4.78, 5) is 15.8. The maximum atomic E-state index is 13.4. The number of aromatic amines is 1. The molecule has 0 radical (unpaired) electrons. The maximum absolute atomic E-state index is 13.4. The summed E-state index contributed by atoms with van der Waals surface area (Å²) < 4.78 is 49.6. The highest BCUT2D eigenvalue weighted by Crippen LogP contribution is 2.38. The van der Waals surface area contributed by atoms with Gasteiger partial charge >= 0.3 is 0 Å². The highest BCUT2D eigenvalue weighted by molar-refractivity contribution is 8.03. The number of pyridine rings is 1. The Labute approximate surface area is 186 Å². The number of nitrogens with one attached hydrogen (secondary N) is 1. The summed E-state index contributed by atoms with van der Waals surface area (Å²) >= 11 is 0. The first-order valence-electron chi connectivity index (χ1n) is 10.6. The molecule has 5 rings (SSSR count). The highest BCUT2D eigenvalue weighted by Gasteiger charge is 2.36. The zero-order valence-electron chi connectivity index (χ0n) is 17.9. The van der Waals surface area contributed by atoms with Gasteiger partial charge in [0.25, 0.3) is 15.6 Å². The van der Waals surface area contributed by atoms with E-state index < -0.39 is 25.0 Å². The Bertz CT molecular complexity index is 1500. The number of nitrogens with zero attached hydrogens (tertiary/aromatic N) is 2. The second-order valence-corrected chi connectivity index (χ2v) is 13.1. The number of hydrogen-bond donors (Lipinski definition) is 1. The number of hydrogen-bond acceptors (Lipinski definition) is 5. The van der Waals surface area contributed by atoms with E-state index in [-0.39, 0.29) is 5.56 Å². The standard InChI is InChI=1S/C22H25N3O5S2/c1-25-12-19(17-9-10-23-21(17)22(25)26)18-11-16(7-8-20(18)30-13-14-3-4-14)31(2,27)24-32(28,29)15-5-6-15/h7-12,14-15,23H,3-6,13H2,1-2H3. The zero-order chi connectivity index (χ0) is 22.7. The summed E-state index contributed by atoms with van der Waals surface area (Å²) in [6.07, 6.45) is 8.16. The molecule has 2 aromatic heterocycles. The normalized spacial score (nSPS) is 18.4. The predicted octanol–water partition coefficient (Wildman–Crippen LogP) is 3.27. The fourth-order valence-corrected chi connectivity index (χ4v) is 7.53. The predicted molar refractivity (Wildman–Crippen MR) is 124 cm³/mol. The van der Waals surface area contributed by atoms with Crippen LogP contribution in [0.2, 0.25) is 0 Å². The van der Waals surface area contributed by atoms with Crippen LogP contribution in [0.15, 0.2) is 50.1 Å².